The molecular formula is C22H32IN5O3. The maximum Gasteiger partial charge on any atom is 0.255 e. The van der Waals surface area contributed by atoms with E-state index in [0.717, 1.165) is 36.9 Å². The van der Waals surface area contributed by atoms with Crippen LogP contribution in [0.5, 0.6) is 5.75 Å². The number of nitrogens with zero attached hydrogens (tertiary/aromatic N) is 2. The largest absolute Gasteiger partial charge is 0.484 e. The lowest BCUT2D eigenvalue weighted by molar-refractivity contribution is -0.119. The Balaban J connectivity index is 0.00000341. The summed E-state index contributed by atoms with van der Waals surface area (Å²) in [4.78, 5) is 18.1. The smallest absolute Gasteiger partial charge is 0.255 e. The highest BCUT2D eigenvalue weighted by atomic mass is 127. The fourth-order valence-electron chi connectivity index (χ4n) is 3.54. The molecule has 1 aromatic carbocycles. The molecule has 3 rings (SSSR count). The number of carbonyl (C=O) groups is 1. The highest BCUT2D eigenvalue weighted by Gasteiger charge is 2.25. The number of primary amides is 1. The Morgan fingerprint density at radius 1 is 1.26 bits per heavy atom. The summed E-state index contributed by atoms with van der Waals surface area (Å²) in [5, 5.41) is 6.75. The summed E-state index contributed by atoms with van der Waals surface area (Å²) < 4.78 is 11.1. The monoisotopic (exact) mass is 541 g/mol. The Hall–Kier alpha value is -2.27. The zero-order valence-corrected chi connectivity index (χ0v) is 20.2. The van der Waals surface area contributed by atoms with Crippen LogP contribution in [0.25, 0.3) is 0 Å². The SMILES string of the molecule is CCNC(=NCc1cccc(OCC(N)=O)c1)NCC(c1ccco1)N1CCCC1.I. The molecule has 1 aliphatic rings. The van der Waals surface area contributed by atoms with E-state index in [1.54, 1.807) is 12.3 Å². The maximum atomic E-state index is 10.9. The summed E-state index contributed by atoms with van der Waals surface area (Å²) in [6.45, 7) is 6.03. The van der Waals surface area contributed by atoms with Gasteiger partial charge in [-0.1, -0.05) is 12.1 Å². The third-order valence-electron chi connectivity index (χ3n) is 4.96. The van der Waals surface area contributed by atoms with E-state index < -0.39 is 5.91 Å². The predicted molar refractivity (Wildman–Crippen MR) is 132 cm³/mol. The molecule has 0 aliphatic carbocycles. The second-order valence-electron chi connectivity index (χ2n) is 7.25. The first-order valence-corrected chi connectivity index (χ1v) is 10.5. The van der Waals surface area contributed by atoms with Crippen molar-refractivity contribution in [3.63, 3.8) is 0 Å². The Morgan fingerprint density at radius 3 is 2.74 bits per heavy atom. The molecule has 1 atom stereocenters. The van der Waals surface area contributed by atoms with Gasteiger partial charge in [0.15, 0.2) is 12.6 Å². The molecule has 1 aromatic heterocycles. The molecule has 1 aliphatic heterocycles. The third-order valence-corrected chi connectivity index (χ3v) is 4.96. The van der Waals surface area contributed by atoms with E-state index in [9.17, 15) is 4.79 Å². The summed E-state index contributed by atoms with van der Waals surface area (Å²) in [6, 6.07) is 11.7. The van der Waals surface area contributed by atoms with Gasteiger partial charge >= 0.3 is 0 Å². The number of halogens is 1. The fraction of sp³-hybridized carbons (Fsp3) is 0.455. The molecule has 2 aromatic rings. The van der Waals surface area contributed by atoms with Gasteiger partial charge in [-0.15, -0.1) is 24.0 Å². The van der Waals surface area contributed by atoms with Gasteiger partial charge in [0.25, 0.3) is 5.91 Å². The van der Waals surface area contributed by atoms with Crippen LogP contribution in [0.3, 0.4) is 0 Å². The molecule has 0 bridgehead atoms. The van der Waals surface area contributed by atoms with Gasteiger partial charge in [-0.05, 0) is 62.7 Å². The maximum absolute atomic E-state index is 10.9. The van der Waals surface area contributed by atoms with Crippen molar-refractivity contribution >= 4 is 35.8 Å². The number of ether oxygens (including phenoxy) is 1. The summed E-state index contributed by atoms with van der Waals surface area (Å²) in [7, 11) is 0. The second-order valence-corrected chi connectivity index (χ2v) is 7.25. The van der Waals surface area contributed by atoms with Gasteiger partial charge in [0.2, 0.25) is 0 Å². The van der Waals surface area contributed by atoms with Gasteiger partial charge in [0, 0.05) is 13.1 Å². The summed E-state index contributed by atoms with van der Waals surface area (Å²) in [6.07, 6.45) is 4.17. The molecule has 1 saturated heterocycles. The summed E-state index contributed by atoms with van der Waals surface area (Å²) >= 11 is 0. The van der Waals surface area contributed by atoms with E-state index in [4.69, 9.17) is 19.9 Å². The van der Waals surface area contributed by atoms with Crippen LogP contribution < -0.4 is 21.1 Å². The van der Waals surface area contributed by atoms with Gasteiger partial charge in [-0.2, -0.15) is 0 Å². The Bertz CT molecular complexity index is 822. The minimum absolute atomic E-state index is 0. The highest BCUT2D eigenvalue weighted by molar-refractivity contribution is 14.0. The number of likely N-dealkylation sites (tertiary alicyclic amines) is 1. The molecule has 0 spiro atoms. The minimum atomic E-state index is -0.499. The Kier molecular flexibility index (Phi) is 10.6. The number of hydrogen-bond acceptors (Lipinski definition) is 5. The second kappa shape index (κ2) is 13.2. The van der Waals surface area contributed by atoms with Gasteiger partial charge in [-0.25, -0.2) is 4.99 Å². The number of nitrogens with one attached hydrogen (secondary N) is 2. The molecule has 1 unspecified atom stereocenters. The lowest BCUT2D eigenvalue weighted by atomic mass is 10.2. The number of furan rings is 1. The van der Waals surface area contributed by atoms with Crippen LogP contribution in [0.4, 0.5) is 0 Å². The van der Waals surface area contributed by atoms with Crippen molar-refractivity contribution in [1.82, 2.24) is 15.5 Å². The molecule has 8 nitrogen and oxygen atoms in total. The Labute approximate surface area is 200 Å². The number of nitrogens with two attached hydrogens (primary N) is 1. The van der Waals surface area contributed by atoms with E-state index in [1.807, 2.05) is 37.3 Å². The average Bonchev–Trinajstić information content (AvgIpc) is 3.46. The van der Waals surface area contributed by atoms with Crippen LogP contribution >= 0.6 is 24.0 Å². The van der Waals surface area contributed by atoms with Crippen molar-refractivity contribution in [1.29, 1.82) is 0 Å². The molecular weight excluding hydrogens is 509 g/mol. The standard InChI is InChI=1S/C22H31N5O3.HI/c1-2-24-22(25-14-17-7-5-8-18(13-17)30-16-21(23)28)26-15-19(20-9-6-12-29-20)27-10-3-4-11-27;/h5-9,12-13,19H,2-4,10-11,14-16H2,1H3,(H2,23,28)(H2,24,25,26);1H. The lowest BCUT2D eigenvalue weighted by Gasteiger charge is -2.26. The van der Waals surface area contributed by atoms with Crippen molar-refractivity contribution in [2.75, 3.05) is 32.8 Å². The number of aliphatic imine (C=N–C) groups is 1. The Morgan fingerprint density at radius 2 is 2.06 bits per heavy atom. The number of rotatable bonds is 10. The molecule has 2 heterocycles. The number of guanidine groups is 1. The predicted octanol–water partition coefficient (Wildman–Crippen LogP) is 2.65. The lowest BCUT2D eigenvalue weighted by Crippen LogP contribution is -2.42. The van der Waals surface area contributed by atoms with E-state index in [1.165, 1.54) is 12.8 Å². The summed E-state index contributed by atoms with van der Waals surface area (Å²) in [5.74, 6) is 1.82. The molecule has 31 heavy (non-hydrogen) atoms. The number of hydrogen-bond donors (Lipinski definition) is 3. The van der Waals surface area contributed by atoms with E-state index in [-0.39, 0.29) is 36.6 Å². The van der Waals surface area contributed by atoms with Crippen LogP contribution in [0.15, 0.2) is 52.1 Å². The highest BCUT2D eigenvalue weighted by Crippen LogP contribution is 2.24. The van der Waals surface area contributed by atoms with Crippen LogP contribution in [0.2, 0.25) is 0 Å². The van der Waals surface area contributed by atoms with Crippen molar-refractivity contribution in [2.45, 2.75) is 32.4 Å². The zero-order valence-electron chi connectivity index (χ0n) is 17.9. The van der Waals surface area contributed by atoms with Gasteiger partial charge in [0.1, 0.15) is 11.5 Å². The minimum Gasteiger partial charge on any atom is -0.484 e. The normalized spacial score (nSPS) is 15.2. The topological polar surface area (TPSA) is 105 Å². The van der Waals surface area contributed by atoms with E-state index in [2.05, 4.69) is 15.5 Å². The van der Waals surface area contributed by atoms with Gasteiger partial charge < -0.3 is 25.5 Å². The first-order chi connectivity index (χ1) is 14.7. The molecule has 4 N–H and O–H groups in total. The first kappa shape index (κ1) is 25.0. The van der Waals surface area contributed by atoms with E-state index in [0.29, 0.717) is 18.8 Å². The van der Waals surface area contributed by atoms with Gasteiger partial charge in [-0.3, -0.25) is 9.69 Å². The van der Waals surface area contributed by atoms with E-state index >= 15 is 0 Å². The van der Waals surface area contributed by atoms with Crippen LogP contribution in [0.1, 0.15) is 37.1 Å². The van der Waals surface area contributed by atoms with Gasteiger partial charge in [0.05, 0.1) is 18.8 Å². The van der Waals surface area contributed by atoms with Crippen LogP contribution in [0, 0.1) is 0 Å². The fourth-order valence-corrected chi connectivity index (χ4v) is 3.54. The number of carbonyl (C=O) groups excluding carboxylic acids is 1. The molecule has 9 heteroatoms. The van der Waals surface area contributed by atoms with Crippen LogP contribution in [-0.4, -0.2) is 49.6 Å². The van der Waals surface area contributed by atoms with Crippen molar-refractivity contribution in [3.8, 4) is 5.75 Å². The molecule has 0 saturated carbocycles. The first-order valence-electron chi connectivity index (χ1n) is 10.5. The van der Waals surface area contributed by atoms with Crippen LogP contribution in [-0.2, 0) is 11.3 Å². The third kappa shape index (κ3) is 8.06. The molecule has 0 radical (unpaired) electrons. The quantitative estimate of drug-likeness (QED) is 0.243. The zero-order chi connectivity index (χ0) is 21.2. The molecule has 170 valence electrons. The summed E-state index contributed by atoms with van der Waals surface area (Å²) in [5.41, 5.74) is 6.12. The number of amides is 1. The van der Waals surface area contributed by atoms with Crippen molar-refractivity contribution < 1.29 is 13.9 Å². The molecule has 1 fully saturated rings. The number of benzene rings is 1. The van der Waals surface area contributed by atoms with Crippen molar-refractivity contribution in [3.05, 3.63) is 54.0 Å². The molecule has 1 amide bonds. The van der Waals surface area contributed by atoms with Crippen molar-refractivity contribution in [2.24, 2.45) is 10.7 Å². The average molecular weight is 541 g/mol.